The molecule has 112 valence electrons. The Morgan fingerprint density at radius 3 is 2.79 bits per heavy atom. The molecule has 0 aliphatic carbocycles. The number of nitrogens with one attached hydrogen (secondary N) is 1. The van der Waals surface area contributed by atoms with Crippen LogP contribution in [0.3, 0.4) is 0 Å². The SMILES string of the molecule is CC(C)CC(C)(O)CNC(=O)CCC1CCCCO1. The molecule has 1 rings (SSSR count). The van der Waals surface area contributed by atoms with E-state index in [9.17, 15) is 9.90 Å². The third-order valence-electron chi connectivity index (χ3n) is 3.48. The third kappa shape index (κ3) is 7.53. The molecule has 1 amide bonds. The maximum atomic E-state index is 11.7. The molecule has 19 heavy (non-hydrogen) atoms. The molecular formula is C15H29NO3. The lowest BCUT2D eigenvalue weighted by atomic mass is 9.94. The second-order valence-electron chi connectivity index (χ2n) is 6.40. The van der Waals surface area contributed by atoms with Gasteiger partial charge in [-0.1, -0.05) is 13.8 Å². The molecule has 1 aliphatic heterocycles. The van der Waals surface area contributed by atoms with E-state index in [0.29, 0.717) is 25.3 Å². The fourth-order valence-electron chi connectivity index (χ4n) is 2.66. The third-order valence-corrected chi connectivity index (χ3v) is 3.48. The normalized spacial score (nSPS) is 23.1. The van der Waals surface area contributed by atoms with Crippen molar-refractivity contribution >= 4 is 5.91 Å². The molecule has 0 aromatic carbocycles. The maximum absolute atomic E-state index is 11.7. The summed E-state index contributed by atoms with van der Waals surface area (Å²) in [6, 6.07) is 0. The first-order valence-corrected chi connectivity index (χ1v) is 7.50. The minimum atomic E-state index is -0.814. The van der Waals surface area contributed by atoms with Gasteiger partial charge in [-0.15, -0.1) is 0 Å². The van der Waals surface area contributed by atoms with Gasteiger partial charge in [-0.05, 0) is 44.9 Å². The highest BCUT2D eigenvalue weighted by atomic mass is 16.5. The van der Waals surface area contributed by atoms with E-state index in [-0.39, 0.29) is 12.0 Å². The van der Waals surface area contributed by atoms with Gasteiger partial charge in [0, 0.05) is 19.6 Å². The minimum absolute atomic E-state index is 0.0122. The molecule has 2 unspecified atom stereocenters. The zero-order valence-electron chi connectivity index (χ0n) is 12.6. The second kappa shape index (κ2) is 7.85. The molecule has 1 aliphatic rings. The molecule has 0 saturated carbocycles. The predicted molar refractivity (Wildman–Crippen MR) is 75.9 cm³/mol. The number of carbonyl (C=O) groups excluding carboxylic acids is 1. The van der Waals surface area contributed by atoms with E-state index in [1.54, 1.807) is 6.92 Å². The molecule has 0 aromatic rings. The van der Waals surface area contributed by atoms with Crippen LogP contribution < -0.4 is 5.32 Å². The monoisotopic (exact) mass is 271 g/mol. The lowest BCUT2D eigenvalue weighted by molar-refractivity contribution is -0.123. The highest BCUT2D eigenvalue weighted by Crippen LogP contribution is 2.17. The van der Waals surface area contributed by atoms with Crippen LogP contribution >= 0.6 is 0 Å². The van der Waals surface area contributed by atoms with Crippen LogP contribution in [-0.4, -0.2) is 35.9 Å². The molecule has 0 bridgehead atoms. The molecule has 1 saturated heterocycles. The van der Waals surface area contributed by atoms with Crippen molar-refractivity contribution in [1.82, 2.24) is 5.32 Å². The van der Waals surface area contributed by atoms with Crippen LogP contribution in [0.4, 0.5) is 0 Å². The minimum Gasteiger partial charge on any atom is -0.388 e. The average molecular weight is 271 g/mol. The van der Waals surface area contributed by atoms with Gasteiger partial charge in [0.15, 0.2) is 0 Å². The van der Waals surface area contributed by atoms with E-state index in [4.69, 9.17) is 4.74 Å². The molecule has 1 fully saturated rings. The van der Waals surface area contributed by atoms with Gasteiger partial charge in [0.1, 0.15) is 0 Å². The Kier molecular flexibility index (Phi) is 6.80. The van der Waals surface area contributed by atoms with Gasteiger partial charge in [-0.2, -0.15) is 0 Å². The summed E-state index contributed by atoms with van der Waals surface area (Å²) in [5.74, 6) is 0.431. The van der Waals surface area contributed by atoms with Gasteiger partial charge in [-0.3, -0.25) is 4.79 Å². The number of ether oxygens (including phenoxy) is 1. The van der Waals surface area contributed by atoms with Crippen LogP contribution in [0.25, 0.3) is 0 Å². The number of hydrogen-bond acceptors (Lipinski definition) is 3. The Morgan fingerprint density at radius 2 is 2.21 bits per heavy atom. The Balaban J connectivity index is 2.16. The van der Waals surface area contributed by atoms with E-state index in [1.165, 1.54) is 6.42 Å². The fraction of sp³-hybridized carbons (Fsp3) is 0.933. The van der Waals surface area contributed by atoms with Gasteiger partial charge >= 0.3 is 0 Å². The molecule has 4 heteroatoms. The number of amides is 1. The van der Waals surface area contributed by atoms with E-state index in [0.717, 1.165) is 25.9 Å². The molecule has 2 atom stereocenters. The molecule has 0 radical (unpaired) electrons. The van der Waals surface area contributed by atoms with Gasteiger partial charge in [0.25, 0.3) is 0 Å². The first-order chi connectivity index (χ1) is 8.89. The van der Waals surface area contributed by atoms with Crippen LogP contribution in [0.5, 0.6) is 0 Å². The quantitative estimate of drug-likeness (QED) is 0.746. The van der Waals surface area contributed by atoms with Crippen LogP contribution in [0.1, 0.15) is 59.3 Å². The average Bonchev–Trinajstić information content (AvgIpc) is 2.34. The van der Waals surface area contributed by atoms with Crippen molar-refractivity contribution in [3.8, 4) is 0 Å². The summed E-state index contributed by atoms with van der Waals surface area (Å²) in [4.78, 5) is 11.7. The standard InChI is InChI=1S/C15H29NO3/c1-12(2)10-15(3,18)11-16-14(17)8-7-13-6-4-5-9-19-13/h12-13,18H,4-11H2,1-3H3,(H,16,17). The van der Waals surface area contributed by atoms with E-state index >= 15 is 0 Å². The summed E-state index contributed by atoms with van der Waals surface area (Å²) >= 11 is 0. The Bertz CT molecular complexity index is 271. The number of rotatable bonds is 7. The predicted octanol–water partition coefficient (Wildman–Crippen LogP) is 2.25. The molecular weight excluding hydrogens is 242 g/mol. The zero-order chi connectivity index (χ0) is 14.3. The van der Waals surface area contributed by atoms with Crippen molar-refractivity contribution in [2.45, 2.75) is 71.0 Å². The van der Waals surface area contributed by atoms with E-state index in [1.807, 2.05) is 0 Å². The Labute approximate surface area is 116 Å². The van der Waals surface area contributed by atoms with Crippen molar-refractivity contribution in [3.63, 3.8) is 0 Å². The summed E-state index contributed by atoms with van der Waals surface area (Å²) in [5, 5.41) is 12.9. The number of hydrogen-bond donors (Lipinski definition) is 2. The lowest BCUT2D eigenvalue weighted by Gasteiger charge is -2.26. The van der Waals surface area contributed by atoms with E-state index < -0.39 is 5.60 Å². The highest BCUT2D eigenvalue weighted by molar-refractivity contribution is 5.75. The number of aliphatic hydroxyl groups is 1. The van der Waals surface area contributed by atoms with Crippen LogP contribution in [0.2, 0.25) is 0 Å². The largest absolute Gasteiger partial charge is 0.388 e. The van der Waals surface area contributed by atoms with Gasteiger partial charge < -0.3 is 15.2 Å². The first kappa shape index (κ1) is 16.4. The number of carbonyl (C=O) groups is 1. The summed E-state index contributed by atoms with van der Waals surface area (Å²) < 4.78 is 5.60. The Hall–Kier alpha value is -0.610. The zero-order valence-corrected chi connectivity index (χ0v) is 12.6. The van der Waals surface area contributed by atoms with Gasteiger partial charge in [0.05, 0.1) is 11.7 Å². The Morgan fingerprint density at radius 1 is 1.47 bits per heavy atom. The molecule has 4 nitrogen and oxygen atoms in total. The fourth-order valence-corrected chi connectivity index (χ4v) is 2.66. The van der Waals surface area contributed by atoms with Crippen molar-refractivity contribution < 1.29 is 14.6 Å². The molecule has 0 spiro atoms. The molecule has 2 N–H and O–H groups in total. The van der Waals surface area contributed by atoms with Crippen molar-refractivity contribution in [3.05, 3.63) is 0 Å². The van der Waals surface area contributed by atoms with Crippen LogP contribution in [-0.2, 0) is 9.53 Å². The van der Waals surface area contributed by atoms with Crippen LogP contribution in [0, 0.1) is 5.92 Å². The van der Waals surface area contributed by atoms with E-state index in [2.05, 4.69) is 19.2 Å². The van der Waals surface area contributed by atoms with Crippen molar-refractivity contribution in [2.75, 3.05) is 13.2 Å². The summed E-state index contributed by atoms with van der Waals surface area (Å²) in [7, 11) is 0. The summed E-state index contributed by atoms with van der Waals surface area (Å²) in [5.41, 5.74) is -0.814. The molecule has 0 aromatic heterocycles. The second-order valence-corrected chi connectivity index (χ2v) is 6.40. The van der Waals surface area contributed by atoms with Crippen molar-refractivity contribution in [2.24, 2.45) is 5.92 Å². The van der Waals surface area contributed by atoms with Crippen LogP contribution in [0.15, 0.2) is 0 Å². The topological polar surface area (TPSA) is 58.6 Å². The molecule has 1 heterocycles. The van der Waals surface area contributed by atoms with Crippen molar-refractivity contribution in [1.29, 1.82) is 0 Å². The maximum Gasteiger partial charge on any atom is 0.220 e. The first-order valence-electron chi connectivity index (χ1n) is 7.50. The lowest BCUT2D eigenvalue weighted by Crippen LogP contribution is -2.41. The highest BCUT2D eigenvalue weighted by Gasteiger charge is 2.23. The summed E-state index contributed by atoms with van der Waals surface area (Å²) in [6.45, 7) is 7.07. The van der Waals surface area contributed by atoms with Gasteiger partial charge in [0.2, 0.25) is 5.91 Å². The van der Waals surface area contributed by atoms with Gasteiger partial charge in [-0.25, -0.2) is 0 Å². The summed E-state index contributed by atoms with van der Waals surface area (Å²) in [6.07, 6.45) is 5.63. The smallest absolute Gasteiger partial charge is 0.220 e.